The molecular formula is C14H11Cl3N2O2S. The van der Waals surface area contributed by atoms with Gasteiger partial charge in [0.15, 0.2) is 5.17 Å². The first-order chi connectivity index (χ1) is 10.3. The number of hydrazone groups is 1. The number of hydrogen-bond acceptors (Lipinski definition) is 3. The Morgan fingerprint density at radius 3 is 2.09 bits per heavy atom. The van der Waals surface area contributed by atoms with Gasteiger partial charge < -0.3 is 0 Å². The van der Waals surface area contributed by atoms with E-state index in [4.69, 9.17) is 34.8 Å². The van der Waals surface area contributed by atoms with Crippen LogP contribution in [0.1, 0.15) is 5.56 Å². The molecule has 0 spiro atoms. The molecule has 0 unspecified atom stereocenters. The second-order valence-corrected chi connectivity index (χ2v) is 7.36. The third kappa shape index (κ3) is 3.55. The molecule has 2 rings (SSSR count). The lowest BCUT2D eigenvalue weighted by molar-refractivity contribution is 0.490. The molecule has 0 aliphatic heterocycles. The van der Waals surface area contributed by atoms with Crippen LogP contribution in [0.5, 0.6) is 0 Å². The molecular weight excluding hydrogens is 367 g/mol. The molecule has 0 bridgehead atoms. The van der Waals surface area contributed by atoms with E-state index in [0.717, 1.165) is 4.41 Å². The zero-order chi connectivity index (χ0) is 16.3. The fourth-order valence-corrected chi connectivity index (χ4v) is 3.70. The van der Waals surface area contributed by atoms with Crippen LogP contribution in [0.15, 0.2) is 58.5 Å². The maximum absolute atomic E-state index is 12.4. The first-order valence-corrected chi connectivity index (χ1v) is 8.64. The van der Waals surface area contributed by atoms with Crippen LogP contribution < -0.4 is 0 Å². The maximum atomic E-state index is 12.4. The molecule has 0 aromatic heterocycles. The van der Waals surface area contributed by atoms with Crippen LogP contribution >= 0.6 is 34.8 Å². The van der Waals surface area contributed by atoms with Crippen LogP contribution in [0.4, 0.5) is 0 Å². The molecule has 116 valence electrons. The molecule has 8 heteroatoms. The molecule has 2 aromatic carbocycles. The van der Waals surface area contributed by atoms with Gasteiger partial charge in [-0.3, -0.25) is 0 Å². The first-order valence-electron chi connectivity index (χ1n) is 6.06. The van der Waals surface area contributed by atoms with Crippen molar-refractivity contribution in [1.82, 2.24) is 4.41 Å². The minimum atomic E-state index is -3.79. The Balaban J connectivity index is 2.40. The Hall–Kier alpha value is -1.27. The van der Waals surface area contributed by atoms with Gasteiger partial charge in [-0.05, 0) is 24.3 Å². The van der Waals surface area contributed by atoms with Crippen LogP contribution in [0, 0.1) is 0 Å². The second-order valence-electron chi connectivity index (χ2n) is 4.24. The van der Waals surface area contributed by atoms with Crippen molar-refractivity contribution in [3.05, 3.63) is 64.1 Å². The lowest BCUT2D eigenvalue weighted by Gasteiger charge is -2.15. The summed E-state index contributed by atoms with van der Waals surface area (Å²) in [6, 6.07) is 12.7. The Labute approximate surface area is 144 Å². The summed E-state index contributed by atoms with van der Waals surface area (Å²) in [5, 5.41) is 4.33. The molecule has 22 heavy (non-hydrogen) atoms. The van der Waals surface area contributed by atoms with Crippen molar-refractivity contribution >= 4 is 50.0 Å². The van der Waals surface area contributed by atoms with Gasteiger partial charge in [-0.2, -0.15) is 12.8 Å². The van der Waals surface area contributed by atoms with Gasteiger partial charge in [0.1, 0.15) is 0 Å². The molecule has 0 saturated heterocycles. The number of hydrogen-bond donors (Lipinski definition) is 0. The molecule has 2 aromatic rings. The maximum Gasteiger partial charge on any atom is 0.278 e. The van der Waals surface area contributed by atoms with Crippen LogP contribution in [0.3, 0.4) is 0 Å². The topological polar surface area (TPSA) is 49.7 Å². The lowest BCUT2D eigenvalue weighted by atomic mass is 10.2. The highest BCUT2D eigenvalue weighted by Crippen LogP contribution is 2.27. The predicted octanol–water partition coefficient (Wildman–Crippen LogP) is 4.21. The van der Waals surface area contributed by atoms with E-state index >= 15 is 0 Å². The van der Waals surface area contributed by atoms with Crippen LogP contribution in [-0.4, -0.2) is 25.1 Å². The van der Waals surface area contributed by atoms with Crippen molar-refractivity contribution in [2.45, 2.75) is 4.90 Å². The first kappa shape index (κ1) is 17.1. The zero-order valence-electron chi connectivity index (χ0n) is 11.4. The van der Waals surface area contributed by atoms with Crippen molar-refractivity contribution in [3.63, 3.8) is 0 Å². The fourth-order valence-electron chi connectivity index (χ4n) is 1.67. The summed E-state index contributed by atoms with van der Waals surface area (Å²) in [6.45, 7) is 0. The van der Waals surface area contributed by atoms with Crippen molar-refractivity contribution < 1.29 is 8.42 Å². The van der Waals surface area contributed by atoms with E-state index in [-0.39, 0.29) is 25.7 Å². The highest BCUT2D eigenvalue weighted by atomic mass is 35.5. The summed E-state index contributed by atoms with van der Waals surface area (Å²) in [5.74, 6) is 0. The Morgan fingerprint density at radius 2 is 1.55 bits per heavy atom. The van der Waals surface area contributed by atoms with E-state index in [0.29, 0.717) is 0 Å². The summed E-state index contributed by atoms with van der Waals surface area (Å²) in [6.07, 6.45) is 0. The molecule has 0 aliphatic carbocycles. The monoisotopic (exact) mass is 376 g/mol. The van der Waals surface area contributed by atoms with Crippen molar-refractivity contribution in [1.29, 1.82) is 0 Å². The van der Waals surface area contributed by atoms with E-state index in [1.807, 2.05) is 0 Å². The van der Waals surface area contributed by atoms with E-state index in [9.17, 15) is 8.42 Å². The second kappa shape index (κ2) is 6.87. The standard InChI is InChI=1S/C14H11Cl3N2O2S/c1-19(22(20,21)10-6-3-2-4-7-10)18-14(17)13-11(15)8-5-9-12(13)16/h2-9H,1H3/b18-14+. The lowest BCUT2D eigenvalue weighted by Crippen LogP contribution is -2.23. The van der Waals surface area contributed by atoms with Crippen LogP contribution in [-0.2, 0) is 10.0 Å². The van der Waals surface area contributed by atoms with Gasteiger partial charge in [-0.1, -0.05) is 59.1 Å². The quantitative estimate of drug-likeness (QED) is 0.592. The SMILES string of the molecule is CN(/N=C(/Cl)c1c(Cl)cccc1Cl)S(=O)(=O)c1ccccc1. The van der Waals surface area contributed by atoms with Gasteiger partial charge in [0.05, 0.1) is 20.5 Å². The fraction of sp³-hybridized carbons (Fsp3) is 0.0714. The average molecular weight is 378 g/mol. The largest absolute Gasteiger partial charge is 0.278 e. The summed E-state index contributed by atoms with van der Waals surface area (Å²) in [4.78, 5) is 0.107. The molecule has 0 saturated carbocycles. The Morgan fingerprint density at radius 1 is 1.00 bits per heavy atom. The molecule has 0 atom stereocenters. The normalized spacial score (nSPS) is 12.3. The molecule has 0 N–H and O–H groups in total. The number of sulfonamides is 1. The summed E-state index contributed by atoms with van der Waals surface area (Å²) in [7, 11) is -2.51. The molecule has 0 amide bonds. The Kier molecular flexibility index (Phi) is 5.34. The molecule has 0 fully saturated rings. The summed E-state index contributed by atoms with van der Waals surface area (Å²) in [5.41, 5.74) is 0.280. The van der Waals surface area contributed by atoms with Gasteiger partial charge in [0.2, 0.25) is 0 Å². The van der Waals surface area contributed by atoms with Gasteiger partial charge in [-0.15, -0.1) is 5.10 Å². The van der Waals surface area contributed by atoms with E-state index < -0.39 is 10.0 Å². The van der Waals surface area contributed by atoms with E-state index in [2.05, 4.69) is 5.10 Å². The van der Waals surface area contributed by atoms with Crippen molar-refractivity contribution in [3.8, 4) is 0 Å². The minimum Gasteiger partial charge on any atom is -0.200 e. The molecule has 0 radical (unpaired) electrons. The van der Waals surface area contributed by atoms with Crippen molar-refractivity contribution in [2.75, 3.05) is 7.05 Å². The van der Waals surface area contributed by atoms with Crippen LogP contribution in [0.25, 0.3) is 0 Å². The highest BCUT2D eigenvalue weighted by Gasteiger charge is 2.20. The summed E-state index contributed by atoms with van der Waals surface area (Å²) < 4.78 is 25.5. The minimum absolute atomic E-state index is 0.107. The smallest absolute Gasteiger partial charge is 0.200 e. The number of nitrogens with zero attached hydrogens (tertiary/aromatic N) is 2. The van der Waals surface area contributed by atoms with Gasteiger partial charge in [0.25, 0.3) is 10.0 Å². The number of benzene rings is 2. The number of halogens is 3. The molecule has 0 aliphatic rings. The van der Waals surface area contributed by atoms with E-state index in [1.54, 1.807) is 36.4 Å². The van der Waals surface area contributed by atoms with E-state index in [1.165, 1.54) is 19.2 Å². The third-order valence-corrected chi connectivity index (χ3v) is 5.33. The highest BCUT2D eigenvalue weighted by molar-refractivity contribution is 7.89. The van der Waals surface area contributed by atoms with Gasteiger partial charge in [0, 0.05) is 7.05 Å². The van der Waals surface area contributed by atoms with Gasteiger partial charge >= 0.3 is 0 Å². The Bertz CT molecular complexity index is 788. The third-order valence-electron chi connectivity index (χ3n) is 2.79. The molecule has 4 nitrogen and oxygen atoms in total. The summed E-state index contributed by atoms with van der Waals surface area (Å²) >= 11 is 18.1. The van der Waals surface area contributed by atoms with Crippen molar-refractivity contribution in [2.24, 2.45) is 5.10 Å². The van der Waals surface area contributed by atoms with Crippen LogP contribution in [0.2, 0.25) is 10.0 Å². The average Bonchev–Trinajstić information content (AvgIpc) is 2.47. The number of rotatable bonds is 4. The zero-order valence-corrected chi connectivity index (χ0v) is 14.5. The molecule has 0 heterocycles. The van der Waals surface area contributed by atoms with Gasteiger partial charge in [-0.25, -0.2) is 0 Å². The predicted molar refractivity (Wildman–Crippen MR) is 90.2 cm³/mol.